The van der Waals surface area contributed by atoms with Crippen molar-refractivity contribution in [1.82, 2.24) is 4.90 Å². The number of nitrogens with zero attached hydrogens (tertiary/aromatic N) is 1. The van der Waals surface area contributed by atoms with Crippen LogP contribution < -0.4 is 5.73 Å². The van der Waals surface area contributed by atoms with E-state index in [9.17, 15) is 4.79 Å². The standard InChI is InChI=1S/C13H24N2O2/c1-12(2,3)17-11(16)15-10-5-6-13(15,4)8-9(14)7-10/h9-10H,5-8,14H2,1-4H3/t9-,10?,13+/m0/s1. The van der Waals surface area contributed by atoms with Crippen LogP contribution in [0.3, 0.4) is 0 Å². The molecule has 17 heavy (non-hydrogen) atoms. The number of hydrogen-bond donors (Lipinski definition) is 1. The SMILES string of the molecule is CC(C)(C)OC(=O)N1C2CC[C@]1(C)C[C@@H](N)C2. The lowest BCUT2D eigenvalue weighted by atomic mass is 9.88. The van der Waals surface area contributed by atoms with Crippen LogP contribution in [-0.2, 0) is 4.74 Å². The van der Waals surface area contributed by atoms with E-state index in [4.69, 9.17) is 10.5 Å². The second kappa shape index (κ2) is 3.87. The molecule has 2 N–H and O–H groups in total. The van der Waals surface area contributed by atoms with E-state index in [1.165, 1.54) is 0 Å². The first-order valence-electron chi connectivity index (χ1n) is 6.49. The van der Waals surface area contributed by atoms with Crippen molar-refractivity contribution in [2.75, 3.05) is 0 Å². The van der Waals surface area contributed by atoms with Gasteiger partial charge in [0.05, 0.1) is 0 Å². The summed E-state index contributed by atoms with van der Waals surface area (Å²) in [6, 6.07) is 0.504. The molecule has 4 heteroatoms. The van der Waals surface area contributed by atoms with Gasteiger partial charge in [-0.15, -0.1) is 0 Å². The third-order valence-corrected chi connectivity index (χ3v) is 3.83. The molecule has 98 valence electrons. The average molecular weight is 240 g/mol. The second-order valence-corrected chi connectivity index (χ2v) is 6.74. The van der Waals surface area contributed by atoms with Crippen LogP contribution in [0.15, 0.2) is 0 Å². The lowest BCUT2D eigenvalue weighted by Crippen LogP contribution is -2.57. The van der Waals surface area contributed by atoms with Crippen molar-refractivity contribution in [3.8, 4) is 0 Å². The van der Waals surface area contributed by atoms with Crippen molar-refractivity contribution in [2.24, 2.45) is 5.73 Å². The number of fused-ring (bicyclic) bond motifs is 2. The van der Waals surface area contributed by atoms with Gasteiger partial charge in [0.25, 0.3) is 0 Å². The Balaban J connectivity index is 2.14. The van der Waals surface area contributed by atoms with Crippen molar-refractivity contribution in [2.45, 2.75) is 76.6 Å². The zero-order valence-electron chi connectivity index (χ0n) is 11.3. The molecule has 2 saturated heterocycles. The number of rotatable bonds is 0. The van der Waals surface area contributed by atoms with Gasteiger partial charge in [0.1, 0.15) is 5.60 Å². The molecule has 0 aliphatic carbocycles. The molecule has 1 amide bonds. The highest BCUT2D eigenvalue weighted by Gasteiger charge is 2.51. The number of hydrogen-bond acceptors (Lipinski definition) is 3. The normalized spacial score (nSPS) is 37.1. The van der Waals surface area contributed by atoms with Crippen molar-refractivity contribution in [1.29, 1.82) is 0 Å². The molecule has 2 bridgehead atoms. The highest BCUT2D eigenvalue weighted by atomic mass is 16.6. The Kier molecular flexibility index (Phi) is 2.89. The largest absolute Gasteiger partial charge is 0.444 e. The first-order valence-corrected chi connectivity index (χ1v) is 6.49. The van der Waals surface area contributed by atoms with Crippen LogP contribution in [0.5, 0.6) is 0 Å². The predicted molar refractivity (Wildman–Crippen MR) is 66.7 cm³/mol. The summed E-state index contributed by atoms with van der Waals surface area (Å²) in [6.07, 6.45) is 3.74. The van der Waals surface area contributed by atoms with E-state index in [-0.39, 0.29) is 23.7 Å². The molecule has 3 atom stereocenters. The third kappa shape index (κ3) is 2.41. The molecule has 2 aliphatic heterocycles. The predicted octanol–water partition coefficient (Wildman–Crippen LogP) is 2.27. The van der Waals surface area contributed by atoms with Gasteiger partial charge in [0.15, 0.2) is 0 Å². The van der Waals surface area contributed by atoms with Crippen LogP contribution >= 0.6 is 0 Å². The molecule has 0 aromatic carbocycles. The summed E-state index contributed by atoms with van der Waals surface area (Å²) in [5.41, 5.74) is 5.53. The smallest absolute Gasteiger partial charge is 0.410 e. The van der Waals surface area contributed by atoms with Crippen molar-refractivity contribution >= 4 is 6.09 Å². The number of ether oxygens (including phenoxy) is 1. The molecule has 0 aromatic heterocycles. The summed E-state index contributed by atoms with van der Waals surface area (Å²) in [4.78, 5) is 14.2. The highest BCUT2D eigenvalue weighted by molar-refractivity contribution is 5.70. The van der Waals surface area contributed by atoms with Crippen LogP contribution in [0.25, 0.3) is 0 Å². The fraction of sp³-hybridized carbons (Fsp3) is 0.923. The van der Waals surface area contributed by atoms with Crippen LogP contribution in [-0.4, -0.2) is 34.2 Å². The number of carbonyl (C=O) groups excluding carboxylic acids is 1. The van der Waals surface area contributed by atoms with Gasteiger partial charge in [-0.3, -0.25) is 4.90 Å². The number of piperidine rings is 1. The monoisotopic (exact) mass is 240 g/mol. The summed E-state index contributed by atoms with van der Waals surface area (Å²) in [6.45, 7) is 7.86. The maximum Gasteiger partial charge on any atom is 0.410 e. The van der Waals surface area contributed by atoms with E-state index < -0.39 is 5.60 Å². The fourth-order valence-electron chi connectivity index (χ4n) is 3.27. The molecule has 2 aliphatic rings. The van der Waals surface area contributed by atoms with E-state index >= 15 is 0 Å². The van der Waals surface area contributed by atoms with Crippen molar-refractivity contribution < 1.29 is 9.53 Å². The Bertz CT molecular complexity index is 324. The first kappa shape index (κ1) is 12.7. The summed E-state index contributed by atoms with van der Waals surface area (Å²) in [5.74, 6) is 0. The van der Waals surface area contributed by atoms with E-state index in [1.54, 1.807) is 0 Å². The van der Waals surface area contributed by atoms with Crippen molar-refractivity contribution in [3.05, 3.63) is 0 Å². The highest BCUT2D eigenvalue weighted by Crippen LogP contribution is 2.44. The third-order valence-electron chi connectivity index (χ3n) is 3.83. The summed E-state index contributed by atoms with van der Waals surface area (Å²) in [5, 5.41) is 0. The van der Waals surface area contributed by atoms with Gasteiger partial charge in [-0.2, -0.15) is 0 Å². The van der Waals surface area contributed by atoms with Crippen LogP contribution in [0.4, 0.5) is 4.79 Å². The lowest BCUT2D eigenvalue weighted by molar-refractivity contribution is -0.0127. The van der Waals surface area contributed by atoms with Gasteiger partial charge < -0.3 is 10.5 Å². The molecular weight excluding hydrogens is 216 g/mol. The maximum absolute atomic E-state index is 12.2. The molecule has 0 radical (unpaired) electrons. The Morgan fingerprint density at radius 1 is 1.47 bits per heavy atom. The van der Waals surface area contributed by atoms with Crippen LogP contribution in [0, 0.1) is 0 Å². The van der Waals surface area contributed by atoms with Crippen LogP contribution in [0.2, 0.25) is 0 Å². The van der Waals surface area contributed by atoms with Gasteiger partial charge in [-0.1, -0.05) is 0 Å². The molecule has 0 saturated carbocycles. The van der Waals surface area contributed by atoms with Gasteiger partial charge in [0, 0.05) is 17.6 Å². The number of carbonyl (C=O) groups is 1. The topological polar surface area (TPSA) is 55.6 Å². The fourth-order valence-corrected chi connectivity index (χ4v) is 3.27. The Morgan fingerprint density at radius 2 is 2.12 bits per heavy atom. The molecule has 2 rings (SSSR count). The molecule has 1 unspecified atom stereocenters. The van der Waals surface area contributed by atoms with Gasteiger partial charge >= 0.3 is 6.09 Å². The number of amides is 1. The van der Waals surface area contributed by atoms with Crippen molar-refractivity contribution in [3.63, 3.8) is 0 Å². The minimum Gasteiger partial charge on any atom is -0.444 e. The number of nitrogens with two attached hydrogens (primary N) is 1. The van der Waals surface area contributed by atoms with Gasteiger partial charge in [-0.05, 0) is 53.4 Å². The van der Waals surface area contributed by atoms with Crippen LogP contribution in [0.1, 0.15) is 53.4 Å². The van der Waals surface area contributed by atoms with E-state index in [0.29, 0.717) is 0 Å². The zero-order chi connectivity index (χ0) is 12.8. The van der Waals surface area contributed by atoms with E-state index in [0.717, 1.165) is 25.7 Å². The lowest BCUT2D eigenvalue weighted by Gasteiger charge is -2.45. The van der Waals surface area contributed by atoms with Gasteiger partial charge in [0.2, 0.25) is 0 Å². The summed E-state index contributed by atoms with van der Waals surface area (Å²) < 4.78 is 5.50. The minimum atomic E-state index is -0.424. The van der Waals surface area contributed by atoms with Gasteiger partial charge in [-0.25, -0.2) is 4.79 Å². The summed E-state index contributed by atoms with van der Waals surface area (Å²) >= 11 is 0. The molecule has 2 heterocycles. The molecule has 2 fully saturated rings. The first-order chi connectivity index (χ1) is 7.71. The Hall–Kier alpha value is -0.770. The zero-order valence-corrected chi connectivity index (χ0v) is 11.3. The average Bonchev–Trinajstić information content (AvgIpc) is 2.31. The molecular formula is C13H24N2O2. The molecule has 4 nitrogen and oxygen atoms in total. The molecule has 0 aromatic rings. The second-order valence-electron chi connectivity index (χ2n) is 6.74. The Morgan fingerprint density at radius 3 is 2.65 bits per heavy atom. The van der Waals surface area contributed by atoms with E-state index in [1.807, 2.05) is 25.7 Å². The van der Waals surface area contributed by atoms with E-state index in [2.05, 4.69) is 6.92 Å². The Labute approximate surface area is 103 Å². The maximum atomic E-state index is 12.2. The molecule has 0 spiro atoms. The minimum absolute atomic E-state index is 0.0926. The summed E-state index contributed by atoms with van der Waals surface area (Å²) in [7, 11) is 0. The quantitative estimate of drug-likeness (QED) is 0.706.